The van der Waals surface area contributed by atoms with Crippen molar-refractivity contribution in [3.05, 3.63) is 99.9 Å². The summed E-state index contributed by atoms with van der Waals surface area (Å²) in [6.45, 7) is 1.62. The summed E-state index contributed by atoms with van der Waals surface area (Å²) in [5.41, 5.74) is 2.01. The van der Waals surface area contributed by atoms with Crippen LogP contribution in [-0.2, 0) is 11.3 Å². The van der Waals surface area contributed by atoms with Crippen molar-refractivity contribution in [1.29, 1.82) is 0 Å². The zero-order valence-corrected chi connectivity index (χ0v) is 22.9. The average molecular weight is 565 g/mol. The number of para-hydroxylation sites is 1. The number of carbonyl (C=O) groups excluding carboxylic acids is 2. The van der Waals surface area contributed by atoms with Crippen LogP contribution in [0.1, 0.15) is 28.8 Å². The fourth-order valence-corrected chi connectivity index (χ4v) is 6.33. The van der Waals surface area contributed by atoms with Gasteiger partial charge in [0.2, 0.25) is 5.91 Å². The van der Waals surface area contributed by atoms with Gasteiger partial charge in [-0.1, -0.05) is 59.6 Å². The number of benzene rings is 3. The maximum Gasteiger partial charge on any atom is 0.256 e. The highest BCUT2D eigenvalue weighted by Crippen LogP contribution is 2.39. The van der Waals surface area contributed by atoms with E-state index in [1.54, 1.807) is 35.4 Å². The van der Waals surface area contributed by atoms with E-state index in [0.717, 1.165) is 16.6 Å². The first-order chi connectivity index (χ1) is 18.8. The van der Waals surface area contributed by atoms with Crippen molar-refractivity contribution in [3.8, 4) is 0 Å². The first-order valence-electron chi connectivity index (χ1n) is 12.9. The van der Waals surface area contributed by atoms with Gasteiger partial charge in [-0.25, -0.2) is 4.39 Å². The summed E-state index contributed by atoms with van der Waals surface area (Å²) in [4.78, 5) is 33.0. The standard InChI is InChI=1S/C30H27Cl2FN4O2/c1-34-19-37(22-7-3-2-4-8-22)30(29(34)39)12-14-35(15-13-30)28(38)24-18-36(26-16-21(31)10-11-23(24)26)17-20-6-5-9-25(32)27(20)33/h2-11,16,18H,12-15,17,19H2,1H3. The molecule has 1 spiro atoms. The summed E-state index contributed by atoms with van der Waals surface area (Å²) >= 11 is 12.3. The molecule has 0 unspecified atom stereocenters. The number of aromatic nitrogens is 1. The summed E-state index contributed by atoms with van der Waals surface area (Å²) in [7, 11) is 1.83. The number of likely N-dealkylation sites (tertiary alicyclic amines) is 1. The second-order valence-corrected chi connectivity index (χ2v) is 11.1. The van der Waals surface area contributed by atoms with Gasteiger partial charge in [-0.15, -0.1) is 0 Å². The first kappa shape index (κ1) is 25.7. The van der Waals surface area contributed by atoms with Crippen molar-refractivity contribution in [2.75, 3.05) is 31.7 Å². The molecule has 0 radical (unpaired) electrons. The molecule has 4 aromatic rings. The first-order valence-corrected chi connectivity index (χ1v) is 13.6. The molecule has 0 saturated carbocycles. The number of halogens is 3. The van der Waals surface area contributed by atoms with Crippen molar-refractivity contribution in [1.82, 2.24) is 14.4 Å². The smallest absolute Gasteiger partial charge is 0.256 e. The molecule has 0 atom stereocenters. The van der Waals surface area contributed by atoms with Crippen molar-refractivity contribution < 1.29 is 14.0 Å². The van der Waals surface area contributed by atoms with E-state index in [4.69, 9.17) is 23.2 Å². The number of piperidine rings is 1. The minimum absolute atomic E-state index is 0.0530. The molecule has 200 valence electrons. The molecule has 1 aromatic heterocycles. The molecule has 2 amide bonds. The van der Waals surface area contributed by atoms with Gasteiger partial charge in [0.1, 0.15) is 11.4 Å². The van der Waals surface area contributed by atoms with Crippen LogP contribution in [0, 0.1) is 5.82 Å². The van der Waals surface area contributed by atoms with E-state index in [-0.39, 0.29) is 23.4 Å². The Morgan fingerprint density at radius 2 is 1.74 bits per heavy atom. The van der Waals surface area contributed by atoms with Gasteiger partial charge in [0, 0.05) is 48.0 Å². The van der Waals surface area contributed by atoms with E-state index >= 15 is 0 Å². The Morgan fingerprint density at radius 1 is 1.00 bits per heavy atom. The molecule has 0 bridgehead atoms. The quantitative estimate of drug-likeness (QED) is 0.303. The lowest BCUT2D eigenvalue weighted by atomic mass is 9.85. The lowest BCUT2D eigenvalue weighted by Gasteiger charge is -2.43. The summed E-state index contributed by atoms with van der Waals surface area (Å²) < 4.78 is 16.5. The Kier molecular flexibility index (Phi) is 6.52. The second-order valence-electron chi connectivity index (χ2n) is 10.3. The molecule has 9 heteroatoms. The Morgan fingerprint density at radius 3 is 2.49 bits per heavy atom. The normalized spacial score (nSPS) is 17.0. The Balaban J connectivity index is 1.29. The molecule has 6 rings (SSSR count). The largest absolute Gasteiger partial charge is 0.342 e. The Hall–Kier alpha value is -3.55. The summed E-state index contributed by atoms with van der Waals surface area (Å²) in [5, 5.41) is 1.32. The van der Waals surface area contributed by atoms with Crippen LogP contribution < -0.4 is 4.90 Å². The molecule has 3 aromatic carbocycles. The van der Waals surface area contributed by atoms with Gasteiger partial charge in [-0.3, -0.25) is 9.59 Å². The number of hydrogen-bond acceptors (Lipinski definition) is 3. The molecule has 39 heavy (non-hydrogen) atoms. The zero-order valence-electron chi connectivity index (χ0n) is 21.4. The Labute approximate surface area is 236 Å². The van der Waals surface area contributed by atoms with Gasteiger partial charge in [-0.05, 0) is 43.2 Å². The van der Waals surface area contributed by atoms with E-state index < -0.39 is 11.4 Å². The molecule has 6 nitrogen and oxygen atoms in total. The maximum atomic E-state index is 14.7. The van der Waals surface area contributed by atoms with Gasteiger partial charge < -0.3 is 19.3 Å². The summed E-state index contributed by atoms with van der Waals surface area (Å²) in [5.74, 6) is -0.507. The van der Waals surface area contributed by atoms with Crippen molar-refractivity contribution >= 4 is 51.6 Å². The van der Waals surface area contributed by atoms with Crippen LogP contribution in [0.25, 0.3) is 10.9 Å². The van der Waals surface area contributed by atoms with Crippen LogP contribution in [0.15, 0.2) is 72.9 Å². The van der Waals surface area contributed by atoms with E-state index in [9.17, 15) is 14.0 Å². The molecule has 3 heterocycles. The third-order valence-corrected chi connectivity index (χ3v) is 8.53. The fraction of sp³-hybridized carbons (Fsp3) is 0.267. The van der Waals surface area contributed by atoms with Crippen LogP contribution in [0.5, 0.6) is 0 Å². The SMILES string of the molecule is CN1CN(c2ccccc2)C2(CCN(C(=O)c3cn(Cc4cccc(Cl)c4F)c4cc(Cl)ccc34)CC2)C1=O. The zero-order chi connectivity index (χ0) is 27.3. The van der Waals surface area contributed by atoms with Crippen molar-refractivity contribution in [3.63, 3.8) is 0 Å². The van der Waals surface area contributed by atoms with E-state index in [0.29, 0.717) is 48.7 Å². The molecule has 2 aliphatic heterocycles. The maximum absolute atomic E-state index is 14.7. The predicted octanol–water partition coefficient (Wildman–Crippen LogP) is 6.05. The number of amides is 2. The van der Waals surface area contributed by atoms with Crippen LogP contribution in [0.3, 0.4) is 0 Å². The topological polar surface area (TPSA) is 48.8 Å². The summed E-state index contributed by atoms with van der Waals surface area (Å²) in [6, 6.07) is 20.2. The molecule has 2 aliphatic rings. The number of anilines is 1. The Bertz CT molecular complexity index is 1580. The number of likely N-dealkylation sites (N-methyl/N-ethyl adjacent to an activating group) is 1. The summed E-state index contributed by atoms with van der Waals surface area (Å²) in [6.07, 6.45) is 2.84. The highest BCUT2D eigenvalue weighted by atomic mass is 35.5. The lowest BCUT2D eigenvalue weighted by molar-refractivity contribution is -0.132. The molecule has 2 saturated heterocycles. The highest BCUT2D eigenvalue weighted by molar-refractivity contribution is 6.31. The second kappa shape index (κ2) is 9.88. The third-order valence-electron chi connectivity index (χ3n) is 8.01. The molecule has 0 aliphatic carbocycles. The van der Waals surface area contributed by atoms with E-state index in [1.165, 1.54) is 6.07 Å². The number of rotatable bonds is 4. The monoisotopic (exact) mass is 564 g/mol. The average Bonchev–Trinajstić information content (AvgIpc) is 3.42. The predicted molar refractivity (Wildman–Crippen MR) is 152 cm³/mol. The van der Waals surface area contributed by atoms with Gasteiger partial charge in [0.15, 0.2) is 0 Å². The molecular weight excluding hydrogens is 538 g/mol. The van der Waals surface area contributed by atoms with E-state index in [1.807, 2.05) is 52.9 Å². The minimum Gasteiger partial charge on any atom is -0.342 e. The van der Waals surface area contributed by atoms with Crippen molar-refractivity contribution in [2.24, 2.45) is 0 Å². The molecule has 2 fully saturated rings. The van der Waals surface area contributed by atoms with Gasteiger partial charge in [-0.2, -0.15) is 0 Å². The number of carbonyl (C=O) groups is 2. The van der Waals surface area contributed by atoms with Gasteiger partial charge in [0.05, 0.1) is 29.3 Å². The lowest BCUT2D eigenvalue weighted by Crippen LogP contribution is -2.57. The number of nitrogens with zero attached hydrogens (tertiary/aromatic N) is 4. The molecular formula is C30H27Cl2FN4O2. The van der Waals surface area contributed by atoms with Gasteiger partial charge in [0.25, 0.3) is 5.91 Å². The highest BCUT2D eigenvalue weighted by Gasteiger charge is 2.53. The van der Waals surface area contributed by atoms with Gasteiger partial charge >= 0.3 is 0 Å². The number of fused-ring (bicyclic) bond motifs is 1. The van der Waals surface area contributed by atoms with Crippen LogP contribution in [-0.4, -0.2) is 58.5 Å². The van der Waals surface area contributed by atoms with Crippen LogP contribution >= 0.6 is 23.2 Å². The van der Waals surface area contributed by atoms with Crippen molar-refractivity contribution in [2.45, 2.75) is 24.9 Å². The third kappa shape index (κ3) is 4.34. The number of hydrogen-bond donors (Lipinski definition) is 0. The fourth-order valence-electron chi connectivity index (χ4n) is 5.97. The van der Waals surface area contributed by atoms with E-state index in [2.05, 4.69) is 4.90 Å². The van der Waals surface area contributed by atoms with Crippen LogP contribution in [0.4, 0.5) is 10.1 Å². The van der Waals surface area contributed by atoms with Crippen LogP contribution in [0.2, 0.25) is 10.0 Å². The molecule has 0 N–H and O–H groups in total. The minimum atomic E-state index is -0.668.